The van der Waals surface area contributed by atoms with Crippen LogP contribution in [0.4, 0.5) is 4.79 Å². The van der Waals surface area contributed by atoms with Crippen LogP contribution in [0.5, 0.6) is 0 Å². The summed E-state index contributed by atoms with van der Waals surface area (Å²) in [6, 6.07) is 0. The number of piperidine rings is 1. The number of amides is 1. The van der Waals surface area contributed by atoms with Crippen LogP contribution in [-0.4, -0.2) is 42.3 Å². The maximum Gasteiger partial charge on any atom is 0.410 e. The number of hydrogen-bond donors (Lipinski definition) is 0. The first-order valence-corrected chi connectivity index (χ1v) is 7.66. The normalized spacial score (nSPS) is 24.8. The van der Waals surface area contributed by atoms with Crippen molar-refractivity contribution < 1.29 is 19.1 Å². The number of fused-ring (bicyclic) bond motifs is 2. The standard InChI is InChI=1S/C16H25NO4/c1-5-20-14(18)8-13-11-6-7-12(13)10-17(9-11)15(19)21-16(2,3)4/h8,11-12H,5-7,9-10H2,1-4H3. The van der Waals surface area contributed by atoms with Crippen LogP contribution < -0.4 is 0 Å². The van der Waals surface area contributed by atoms with Crippen LogP contribution in [0, 0.1) is 11.8 Å². The Labute approximate surface area is 126 Å². The summed E-state index contributed by atoms with van der Waals surface area (Å²) in [7, 11) is 0. The largest absolute Gasteiger partial charge is 0.463 e. The molecule has 2 fully saturated rings. The van der Waals surface area contributed by atoms with Crippen molar-refractivity contribution in [3.8, 4) is 0 Å². The molecule has 1 aliphatic heterocycles. The van der Waals surface area contributed by atoms with Crippen LogP contribution in [0.25, 0.3) is 0 Å². The van der Waals surface area contributed by atoms with Crippen LogP contribution in [0.2, 0.25) is 0 Å². The van der Waals surface area contributed by atoms with E-state index in [1.807, 2.05) is 20.8 Å². The molecular weight excluding hydrogens is 270 g/mol. The van der Waals surface area contributed by atoms with Gasteiger partial charge in [-0.3, -0.25) is 0 Å². The van der Waals surface area contributed by atoms with Gasteiger partial charge in [-0.2, -0.15) is 0 Å². The summed E-state index contributed by atoms with van der Waals surface area (Å²) in [6.45, 7) is 9.08. The third-order valence-electron chi connectivity index (χ3n) is 3.91. The lowest BCUT2D eigenvalue weighted by Gasteiger charge is -2.35. The lowest BCUT2D eigenvalue weighted by molar-refractivity contribution is -0.137. The van der Waals surface area contributed by atoms with E-state index >= 15 is 0 Å². The molecular formula is C16H25NO4. The van der Waals surface area contributed by atoms with E-state index in [2.05, 4.69) is 0 Å². The van der Waals surface area contributed by atoms with Gasteiger partial charge in [0.2, 0.25) is 0 Å². The fourth-order valence-electron chi connectivity index (χ4n) is 3.10. The highest BCUT2D eigenvalue weighted by Crippen LogP contribution is 2.41. The van der Waals surface area contributed by atoms with E-state index in [0.29, 0.717) is 19.7 Å². The number of carbonyl (C=O) groups excluding carboxylic acids is 2. The fourth-order valence-corrected chi connectivity index (χ4v) is 3.10. The molecule has 0 radical (unpaired) electrons. The molecule has 5 heteroatoms. The van der Waals surface area contributed by atoms with Gasteiger partial charge in [-0.05, 0) is 52.4 Å². The molecule has 1 amide bonds. The average molecular weight is 295 g/mol. The van der Waals surface area contributed by atoms with E-state index in [1.54, 1.807) is 17.9 Å². The molecule has 2 atom stereocenters. The second-order valence-corrected chi connectivity index (χ2v) is 6.75. The van der Waals surface area contributed by atoms with Crippen molar-refractivity contribution in [3.63, 3.8) is 0 Å². The zero-order valence-electron chi connectivity index (χ0n) is 13.3. The first-order valence-electron chi connectivity index (χ1n) is 7.66. The molecule has 1 aliphatic carbocycles. The van der Waals surface area contributed by atoms with Gasteiger partial charge in [0.25, 0.3) is 0 Å². The summed E-state index contributed by atoms with van der Waals surface area (Å²) in [5, 5.41) is 0. The van der Waals surface area contributed by atoms with Crippen LogP contribution in [0.15, 0.2) is 11.6 Å². The fraction of sp³-hybridized carbons (Fsp3) is 0.750. The number of hydrogen-bond acceptors (Lipinski definition) is 4. The van der Waals surface area contributed by atoms with Gasteiger partial charge in [-0.1, -0.05) is 5.57 Å². The van der Waals surface area contributed by atoms with Crippen molar-refractivity contribution in [2.24, 2.45) is 11.8 Å². The van der Waals surface area contributed by atoms with E-state index in [9.17, 15) is 9.59 Å². The Hall–Kier alpha value is -1.52. The van der Waals surface area contributed by atoms with Crippen molar-refractivity contribution in [3.05, 3.63) is 11.6 Å². The maximum atomic E-state index is 12.2. The second-order valence-electron chi connectivity index (χ2n) is 6.75. The Morgan fingerprint density at radius 2 is 1.81 bits per heavy atom. The molecule has 0 spiro atoms. The topological polar surface area (TPSA) is 55.8 Å². The number of ether oxygens (including phenoxy) is 2. The second kappa shape index (κ2) is 6.08. The van der Waals surface area contributed by atoms with Gasteiger partial charge in [0, 0.05) is 19.2 Å². The van der Waals surface area contributed by atoms with Crippen molar-refractivity contribution in [1.82, 2.24) is 4.90 Å². The highest BCUT2D eigenvalue weighted by Gasteiger charge is 2.40. The number of rotatable bonds is 2. The Balaban J connectivity index is 2.02. The quantitative estimate of drug-likeness (QED) is 0.580. The summed E-state index contributed by atoms with van der Waals surface area (Å²) >= 11 is 0. The van der Waals surface area contributed by atoms with Crippen LogP contribution in [0.3, 0.4) is 0 Å². The summed E-state index contributed by atoms with van der Waals surface area (Å²) in [5.74, 6) is 0.261. The van der Waals surface area contributed by atoms with Gasteiger partial charge in [0.05, 0.1) is 6.61 Å². The molecule has 118 valence electrons. The first kappa shape index (κ1) is 15.9. The Morgan fingerprint density at radius 1 is 1.24 bits per heavy atom. The highest BCUT2D eigenvalue weighted by molar-refractivity contribution is 5.83. The van der Waals surface area contributed by atoms with Crippen molar-refractivity contribution in [1.29, 1.82) is 0 Å². The molecule has 0 aromatic carbocycles. The van der Waals surface area contributed by atoms with Gasteiger partial charge < -0.3 is 14.4 Å². The van der Waals surface area contributed by atoms with Gasteiger partial charge in [0.1, 0.15) is 5.60 Å². The van der Waals surface area contributed by atoms with Crippen molar-refractivity contribution in [2.75, 3.05) is 19.7 Å². The molecule has 1 heterocycles. The van der Waals surface area contributed by atoms with Crippen molar-refractivity contribution >= 4 is 12.1 Å². The van der Waals surface area contributed by atoms with Gasteiger partial charge in [-0.15, -0.1) is 0 Å². The van der Waals surface area contributed by atoms with E-state index in [1.165, 1.54) is 0 Å². The summed E-state index contributed by atoms with van der Waals surface area (Å²) in [5.41, 5.74) is 0.672. The van der Waals surface area contributed by atoms with Crippen molar-refractivity contribution in [2.45, 2.75) is 46.1 Å². The molecule has 1 saturated heterocycles. The first-order chi connectivity index (χ1) is 9.80. The summed E-state index contributed by atoms with van der Waals surface area (Å²) < 4.78 is 10.4. The SMILES string of the molecule is CCOC(=O)C=C1C2CCC1CN(C(=O)OC(C)(C)C)C2. The van der Waals surface area contributed by atoms with Crippen LogP contribution >= 0.6 is 0 Å². The molecule has 0 aromatic heterocycles. The number of carbonyl (C=O) groups is 2. The Kier molecular flexibility index (Phi) is 4.59. The predicted molar refractivity (Wildman–Crippen MR) is 78.7 cm³/mol. The van der Waals surface area contributed by atoms with E-state index in [-0.39, 0.29) is 23.9 Å². The third-order valence-corrected chi connectivity index (χ3v) is 3.91. The lowest BCUT2D eigenvalue weighted by Crippen LogP contribution is -2.44. The molecule has 1 saturated carbocycles. The minimum atomic E-state index is -0.475. The van der Waals surface area contributed by atoms with E-state index in [4.69, 9.17) is 9.47 Å². The smallest absolute Gasteiger partial charge is 0.410 e. The molecule has 2 aliphatic rings. The van der Waals surface area contributed by atoms with Gasteiger partial charge in [0.15, 0.2) is 0 Å². The third kappa shape index (κ3) is 3.99. The average Bonchev–Trinajstić information content (AvgIpc) is 2.59. The predicted octanol–water partition coefficient (Wildman–Crippen LogP) is 2.75. The van der Waals surface area contributed by atoms with E-state index in [0.717, 1.165) is 18.4 Å². The molecule has 2 unspecified atom stereocenters. The van der Waals surface area contributed by atoms with Crippen LogP contribution in [-0.2, 0) is 14.3 Å². The van der Waals surface area contributed by atoms with Gasteiger partial charge in [-0.25, -0.2) is 9.59 Å². The molecule has 21 heavy (non-hydrogen) atoms. The highest BCUT2D eigenvalue weighted by atomic mass is 16.6. The maximum absolute atomic E-state index is 12.2. The molecule has 0 N–H and O–H groups in total. The molecule has 2 rings (SSSR count). The lowest BCUT2D eigenvalue weighted by atomic mass is 9.91. The number of esters is 1. The number of likely N-dealkylation sites (tertiary alicyclic amines) is 1. The Morgan fingerprint density at radius 3 is 2.29 bits per heavy atom. The minimum Gasteiger partial charge on any atom is -0.463 e. The van der Waals surface area contributed by atoms with E-state index < -0.39 is 5.60 Å². The zero-order valence-corrected chi connectivity index (χ0v) is 13.3. The summed E-state index contributed by atoms with van der Waals surface area (Å²) in [4.78, 5) is 25.6. The number of nitrogens with zero attached hydrogens (tertiary/aromatic N) is 1. The zero-order chi connectivity index (χ0) is 15.6. The molecule has 5 nitrogen and oxygen atoms in total. The monoisotopic (exact) mass is 295 g/mol. The summed E-state index contributed by atoms with van der Waals surface area (Å²) in [6.07, 6.45) is 3.43. The Bertz CT molecular complexity index is 434. The van der Waals surface area contributed by atoms with Crippen LogP contribution in [0.1, 0.15) is 40.5 Å². The molecule has 0 aromatic rings. The molecule has 2 bridgehead atoms. The minimum absolute atomic E-state index is 0.255. The van der Waals surface area contributed by atoms with Gasteiger partial charge >= 0.3 is 12.1 Å².